The highest BCUT2D eigenvalue weighted by atomic mass is 16.2. The van der Waals surface area contributed by atoms with Gasteiger partial charge in [0.25, 0.3) is 0 Å². The monoisotopic (exact) mass is 380 g/mol. The molecule has 1 aliphatic carbocycles. The third-order valence-corrected chi connectivity index (χ3v) is 6.18. The molecule has 0 aliphatic heterocycles. The Bertz CT molecular complexity index is 1130. The number of nitrogens with one attached hydrogen (secondary N) is 2. The lowest BCUT2D eigenvalue weighted by molar-refractivity contribution is -0.123. The Kier molecular flexibility index (Phi) is 4.44. The number of carbonyl (C=O) groups excluding carboxylic acids is 1. The van der Waals surface area contributed by atoms with E-state index in [1.807, 2.05) is 30.3 Å². The summed E-state index contributed by atoms with van der Waals surface area (Å²) in [6, 6.07) is 28.9. The zero-order chi connectivity index (χ0) is 19.7. The van der Waals surface area contributed by atoms with Crippen molar-refractivity contribution in [2.75, 3.05) is 6.54 Å². The van der Waals surface area contributed by atoms with E-state index in [-0.39, 0.29) is 17.2 Å². The van der Waals surface area contributed by atoms with Crippen molar-refractivity contribution in [1.29, 1.82) is 0 Å². The summed E-state index contributed by atoms with van der Waals surface area (Å²) >= 11 is 0. The van der Waals surface area contributed by atoms with Gasteiger partial charge in [-0.1, -0.05) is 78.9 Å². The van der Waals surface area contributed by atoms with Gasteiger partial charge in [-0.3, -0.25) is 4.79 Å². The molecule has 1 amide bonds. The first-order chi connectivity index (χ1) is 14.3. The summed E-state index contributed by atoms with van der Waals surface area (Å²) < 4.78 is 0. The van der Waals surface area contributed by atoms with Gasteiger partial charge in [-0.2, -0.15) is 0 Å². The predicted octanol–water partition coefficient (Wildman–Crippen LogP) is 5.15. The van der Waals surface area contributed by atoms with Crippen LogP contribution in [0.1, 0.15) is 35.4 Å². The van der Waals surface area contributed by atoms with Crippen LogP contribution in [0.3, 0.4) is 0 Å². The molecule has 1 atom stereocenters. The van der Waals surface area contributed by atoms with Crippen molar-refractivity contribution in [2.45, 2.75) is 24.2 Å². The van der Waals surface area contributed by atoms with Crippen molar-refractivity contribution in [2.24, 2.45) is 0 Å². The maximum absolute atomic E-state index is 13.2. The molecule has 2 N–H and O–H groups in total. The van der Waals surface area contributed by atoms with Crippen LogP contribution in [0.2, 0.25) is 0 Å². The summed E-state index contributed by atoms with van der Waals surface area (Å²) in [5.74, 6) is 0.243. The number of hydrogen-bond acceptors (Lipinski definition) is 1. The number of benzene rings is 3. The Morgan fingerprint density at radius 1 is 0.897 bits per heavy atom. The standard InChI is InChI=1S/C26H24N2O/c29-25(26(15-16-26)20-11-5-2-6-12-20)28-17-22(19-9-3-1-4-10-19)23-18-27-24-14-8-7-13-21(23)24/h1-14,18,22,27H,15-17H2,(H,28,29). The van der Waals surface area contributed by atoms with Gasteiger partial charge in [0.1, 0.15) is 0 Å². The first-order valence-corrected chi connectivity index (χ1v) is 10.2. The highest BCUT2D eigenvalue weighted by Gasteiger charge is 2.51. The number of aromatic nitrogens is 1. The van der Waals surface area contributed by atoms with Gasteiger partial charge in [0.15, 0.2) is 0 Å². The van der Waals surface area contributed by atoms with Crippen LogP contribution < -0.4 is 5.32 Å². The second kappa shape index (κ2) is 7.25. The molecule has 0 spiro atoms. The first-order valence-electron chi connectivity index (χ1n) is 10.2. The van der Waals surface area contributed by atoms with Gasteiger partial charge in [-0.15, -0.1) is 0 Å². The van der Waals surface area contributed by atoms with Crippen LogP contribution in [0.15, 0.2) is 91.1 Å². The van der Waals surface area contributed by atoms with Crippen molar-refractivity contribution in [3.05, 3.63) is 108 Å². The van der Waals surface area contributed by atoms with E-state index >= 15 is 0 Å². The fraction of sp³-hybridized carbons (Fsp3) is 0.192. The van der Waals surface area contributed by atoms with Crippen LogP contribution in [0.25, 0.3) is 10.9 Å². The lowest BCUT2D eigenvalue weighted by Crippen LogP contribution is -2.37. The van der Waals surface area contributed by atoms with Crippen LogP contribution in [0.5, 0.6) is 0 Å². The average Bonchev–Trinajstić information content (AvgIpc) is 3.50. The van der Waals surface area contributed by atoms with E-state index in [0.717, 1.165) is 23.9 Å². The van der Waals surface area contributed by atoms with Crippen LogP contribution in [0, 0.1) is 0 Å². The lowest BCUT2D eigenvalue weighted by atomic mass is 9.90. The van der Waals surface area contributed by atoms with E-state index in [9.17, 15) is 4.79 Å². The van der Waals surface area contributed by atoms with Crippen molar-refractivity contribution < 1.29 is 4.79 Å². The summed E-state index contributed by atoms with van der Waals surface area (Å²) in [5.41, 5.74) is 4.33. The average molecular weight is 380 g/mol. The highest BCUT2D eigenvalue weighted by molar-refractivity contribution is 5.91. The fourth-order valence-electron chi connectivity index (χ4n) is 4.37. The summed E-state index contributed by atoms with van der Waals surface area (Å²) in [4.78, 5) is 16.6. The molecule has 4 aromatic rings. The van der Waals surface area contributed by atoms with E-state index in [2.05, 4.69) is 71.1 Å². The molecular weight excluding hydrogens is 356 g/mol. The Morgan fingerprint density at radius 2 is 1.55 bits per heavy atom. The number of H-pyrrole nitrogens is 1. The minimum atomic E-state index is -0.345. The number of carbonyl (C=O) groups is 1. The van der Waals surface area contributed by atoms with Crippen LogP contribution in [-0.2, 0) is 10.2 Å². The smallest absolute Gasteiger partial charge is 0.230 e. The van der Waals surface area contributed by atoms with E-state index in [1.165, 1.54) is 16.5 Å². The van der Waals surface area contributed by atoms with Gasteiger partial charge in [0.05, 0.1) is 5.41 Å². The topological polar surface area (TPSA) is 44.9 Å². The van der Waals surface area contributed by atoms with Gasteiger partial charge >= 0.3 is 0 Å². The minimum absolute atomic E-state index is 0.0999. The molecule has 29 heavy (non-hydrogen) atoms. The molecule has 3 nitrogen and oxygen atoms in total. The largest absolute Gasteiger partial charge is 0.361 e. The Labute approximate surface area is 170 Å². The van der Waals surface area contributed by atoms with Gasteiger partial charge in [0.2, 0.25) is 5.91 Å². The third-order valence-electron chi connectivity index (χ3n) is 6.18. The fourth-order valence-corrected chi connectivity index (χ4v) is 4.37. The molecule has 1 aliphatic rings. The first kappa shape index (κ1) is 17.7. The third kappa shape index (κ3) is 3.23. The molecule has 5 rings (SSSR count). The summed E-state index contributed by atoms with van der Waals surface area (Å²) in [5, 5.41) is 4.49. The Balaban J connectivity index is 1.43. The number of rotatable bonds is 6. The molecule has 0 saturated heterocycles. The quantitative estimate of drug-likeness (QED) is 0.477. The van der Waals surface area contributed by atoms with Gasteiger partial charge < -0.3 is 10.3 Å². The molecule has 1 fully saturated rings. The minimum Gasteiger partial charge on any atom is -0.361 e. The summed E-state index contributed by atoms with van der Waals surface area (Å²) in [6.07, 6.45) is 3.93. The van der Waals surface area contributed by atoms with Crippen molar-refractivity contribution in [3.63, 3.8) is 0 Å². The number of hydrogen-bond donors (Lipinski definition) is 2. The molecule has 1 unspecified atom stereocenters. The summed E-state index contributed by atoms with van der Waals surface area (Å²) in [7, 11) is 0. The molecule has 3 aromatic carbocycles. The zero-order valence-corrected chi connectivity index (χ0v) is 16.3. The van der Waals surface area contributed by atoms with E-state index in [4.69, 9.17) is 0 Å². The van der Waals surface area contributed by atoms with Gasteiger partial charge in [-0.25, -0.2) is 0 Å². The van der Waals surface area contributed by atoms with Gasteiger partial charge in [-0.05, 0) is 35.6 Å². The Morgan fingerprint density at radius 3 is 2.28 bits per heavy atom. The van der Waals surface area contributed by atoms with E-state index in [1.54, 1.807) is 0 Å². The zero-order valence-electron chi connectivity index (χ0n) is 16.3. The van der Waals surface area contributed by atoms with Crippen molar-refractivity contribution in [1.82, 2.24) is 10.3 Å². The number of aromatic amines is 1. The highest BCUT2D eigenvalue weighted by Crippen LogP contribution is 2.48. The number of para-hydroxylation sites is 1. The molecule has 0 bridgehead atoms. The molecule has 1 heterocycles. The SMILES string of the molecule is O=C(NCC(c1ccccc1)c1c[nH]c2ccccc12)C1(c2ccccc2)CC1. The molecule has 144 valence electrons. The number of fused-ring (bicyclic) bond motifs is 1. The second-order valence-corrected chi connectivity index (χ2v) is 7.91. The maximum atomic E-state index is 13.2. The maximum Gasteiger partial charge on any atom is 0.230 e. The van der Waals surface area contributed by atoms with Crippen molar-refractivity contribution >= 4 is 16.8 Å². The molecule has 0 radical (unpaired) electrons. The Hall–Kier alpha value is -3.33. The normalized spacial score (nSPS) is 15.7. The lowest BCUT2D eigenvalue weighted by Gasteiger charge is -2.21. The molecule has 3 heteroatoms. The van der Waals surface area contributed by atoms with E-state index < -0.39 is 0 Å². The second-order valence-electron chi connectivity index (χ2n) is 7.91. The molecule has 1 aromatic heterocycles. The van der Waals surface area contributed by atoms with Crippen LogP contribution >= 0.6 is 0 Å². The molecular formula is C26H24N2O. The van der Waals surface area contributed by atoms with E-state index in [0.29, 0.717) is 6.54 Å². The van der Waals surface area contributed by atoms with Crippen LogP contribution in [0.4, 0.5) is 0 Å². The van der Waals surface area contributed by atoms with Crippen molar-refractivity contribution in [3.8, 4) is 0 Å². The molecule has 1 saturated carbocycles. The summed E-state index contributed by atoms with van der Waals surface area (Å²) in [6.45, 7) is 0.583. The van der Waals surface area contributed by atoms with Crippen LogP contribution in [-0.4, -0.2) is 17.4 Å². The number of amides is 1. The predicted molar refractivity (Wildman–Crippen MR) is 117 cm³/mol. The van der Waals surface area contributed by atoms with Gasteiger partial charge in [0, 0.05) is 29.6 Å².